The van der Waals surface area contributed by atoms with Gasteiger partial charge in [-0.05, 0) is 6.92 Å². The van der Waals surface area contributed by atoms with Gasteiger partial charge in [0.15, 0.2) is 11.6 Å². The summed E-state index contributed by atoms with van der Waals surface area (Å²) in [6, 6.07) is 9.30. The number of carbonyl (C=O) groups is 1. The Morgan fingerprint density at radius 3 is 2.65 bits per heavy atom. The van der Waals surface area contributed by atoms with Crippen molar-refractivity contribution < 1.29 is 14.4 Å². The fraction of sp³-hybridized carbons (Fsp3) is 0.231. The van der Waals surface area contributed by atoms with Crippen molar-refractivity contribution >= 4 is 11.8 Å². The third-order valence-electron chi connectivity index (χ3n) is 2.39. The highest BCUT2D eigenvalue weighted by Gasteiger charge is 2.18. The molecule has 0 unspecified atom stereocenters. The smallest absolute Gasteiger partial charge is 0.362 e. The maximum absolute atomic E-state index is 11.7. The number of rotatable bonds is 5. The number of nitrogens with zero attached hydrogens (tertiary/aromatic N) is 3. The Morgan fingerprint density at radius 1 is 1.25 bits per heavy atom. The maximum atomic E-state index is 11.7. The SMILES string of the molecule is CCOC(=O)c1nnc(-c2ccccc2)nc1NOC. The summed E-state index contributed by atoms with van der Waals surface area (Å²) in [4.78, 5) is 20.8. The third kappa shape index (κ3) is 3.07. The van der Waals surface area contributed by atoms with E-state index in [2.05, 4.69) is 20.7 Å². The molecular weight excluding hydrogens is 260 g/mol. The van der Waals surface area contributed by atoms with Gasteiger partial charge in [0.1, 0.15) is 0 Å². The first-order valence-electron chi connectivity index (χ1n) is 6.02. The van der Waals surface area contributed by atoms with Gasteiger partial charge in [0.05, 0.1) is 13.7 Å². The number of hydrogen-bond donors (Lipinski definition) is 1. The van der Waals surface area contributed by atoms with E-state index in [0.717, 1.165) is 5.56 Å². The van der Waals surface area contributed by atoms with Crippen LogP contribution in [-0.2, 0) is 9.57 Å². The van der Waals surface area contributed by atoms with Crippen molar-refractivity contribution in [3.8, 4) is 11.4 Å². The zero-order valence-electron chi connectivity index (χ0n) is 11.2. The van der Waals surface area contributed by atoms with Crippen LogP contribution in [0.4, 0.5) is 5.82 Å². The van der Waals surface area contributed by atoms with Gasteiger partial charge in [0.25, 0.3) is 0 Å². The molecule has 0 radical (unpaired) electrons. The second-order valence-corrected chi connectivity index (χ2v) is 3.73. The Morgan fingerprint density at radius 2 is 2.00 bits per heavy atom. The molecule has 0 fully saturated rings. The number of nitrogens with one attached hydrogen (secondary N) is 1. The number of benzene rings is 1. The minimum atomic E-state index is -0.605. The summed E-state index contributed by atoms with van der Waals surface area (Å²) in [6.07, 6.45) is 0. The van der Waals surface area contributed by atoms with Crippen LogP contribution in [0.15, 0.2) is 30.3 Å². The number of carbonyl (C=O) groups excluding carboxylic acids is 1. The van der Waals surface area contributed by atoms with Crippen molar-refractivity contribution in [2.24, 2.45) is 0 Å². The van der Waals surface area contributed by atoms with E-state index in [1.807, 2.05) is 30.3 Å². The van der Waals surface area contributed by atoms with Crippen LogP contribution in [0.5, 0.6) is 0 Å². The molecule has 0 aliphatic rings. The summed E-state index contributed by atoms with van der Waals surface area (Å²) in [5.41, 5.74) is 3.28. The third-order valence-corrected chi connectivity index (χ3v) is 2.39. The lowest BCUT2D eigenvalue weighted by Gasteiger charge is -2.08. The molecule has 0 bridgehead atoms. The molecule has 0 aliphatic carbocycles. The molecule has 0 saturated heterocycles. The van der Waals surface area contributed by atoms with Crippen LogP contribution in [-0.4, -0.2) is 34.9 Å². The number of ether oxygens (including phenoxy) is 1. The monoisotopic (exact) mass is 274 g/mol. The molecule has 0 amide bonds. The van der Waals surface area contributed by atoms with Gasteiger partial charge in [-0.3, -0.25) is 4.84 Å². The standard InChI is InChI=1S/C13H14N4O3/c1-3-20-13(18)10-12(17-19-2)14-11(16-15-10)9-7-5-4-6-8-9/h4-8H,3H2,1-2H3,(H,14,16,17). The lowest BCUT2D eigenvalue weighted by Crippen LogP contribution is -2.15. The molecule has 1 aromatic heterocycles. The Labute approximate surface area is 115 Å². The zero-order valence-corrected chi connectivity index (χ0v) is 11.2. The molecule has 1 aromatic carbocycles. The Hall–Kier alpha value is -2.54. The second-order valence-electron chi connectivity index (χ2n) is 3.73. The summed E-state index contributed by atoms with van der Waals surface area (Å²) in [7, 11) is 1.42. The topological polar surface area (TPSA) is 86.2 Å². The molecular formula is C13H14N4O3. The average Bonchev–Trinajstić information content (AvgIpc) is 2.48. The van der Waals surface area contributed by atoms with Crippen LogP contribution in [0, 0.1) is 0 Å². The highest BCUT2D eigenvalue weighted by molar-refractivity contribution is 5.92. The molecule has 7 heteroatoms. The quantitative estimate of drug-likeness (QED) is 0.655. The number of hydrogen-bond acceptors (Lipinski definition) is 7. The van der Waals surface area contributed by atoms with E-state index < -0.39 is 5.97 Å². The lowest BCUT2D eigenvalue weighted by molar-refractivity contribution is 0.0517. The zero-order chi connectivity index (χ0) is 14.4. The van der Waals surface area contributed by atoms with Gasteiger partial charge in [-0.25, -0.2) is 15.3 Å². The van der Waals surface area contributed by atoms with Crippen LogP contribution in [0.3, 0.4) is 0 Å². The van der Waals surface area contributed by atoms with Crippen LogP contribution in [0.25, 0.3) is 11.4 Å². The first-order valence-corrected chi connectivity index (χ1v) is 6.02. The second kappa shape index (κ2) is 6.58. The maximum Gasteiger partial charge on any atom is 0.362 e. The van der Waals surface area contributed by atoms with E-state index in [1.165, 1.54) is 7.11 Å². The van der Waals surface area contributed by atoms with Crippen molar-refractivity contribution in [2.75, 3.05) is 19.2 Å². The van der Waals surface area contributed by atoms with Gasteiger partial charge in [0.2, 0.25) is 5.69 Å². The van der Waals surface area contributed by atoms with Crippen molar-refractivity contribution in [2.45, 2.75) is 6.92 Å². The normalized spacial score (nSPS) is 10.1. The van der Waals surface area contributed by atoms with Crippen LogP contribution < -0.4 is 5.48 Å². The van der Waals surface area contributed by atoms with E-state index in [-0.39, 0.29) is 18.1 Å². The van der Waals surface area contributed by atoms with Crippen molar-refractivity contribution in [3.05, 3.63) is 36.0 Å². The Balaban J connectivity index is 2.39. The van der Waals surface area contributed by atoms with Crippen LogP contribution in [0.1, 0.15) is 17.4 Å². The van der Waals surface area contributed by atoms with Gasteiger partial charge in [-0.1, -0.05) is 30.3 Å². The van der Waals surface area contributed by atoms with Gasteiger partial charge in [-0.15, -0.1) is 10.2 Å². The van der Waals surface area contributed by atoms with E-state index in [9.17, 15) is 4.79 Å². The predicted molar refractivity (Wildman–Crippen MR) is 71.9 cm³/mol. The molecule has 1 N–H and O–H groups in total. The Bertz CT molecular complexity index is 589. The molecule has 0 aliphatic heterocycles. The Kier molecular flexibility index (Phi) is 4.56. The summed E-state index contributed by atoms with van der Waals surface area (Å²) in [5, 5.41) is 7.80. The predicted octanol–water partition coefficient (Wildman–Crippen LogP) is 1.69. The van der Waals surface area contributed by atoms with Crippen molar-refractivity contribution in [1.82, 2.24) is 15.2 Å². The van der Waals surface area contributed by atoms with Gasteiger partial charge < -0.3 is 4.74 Å². The number of esters is 1. The van der Waals surface area contributed by atoms with Crippen LogP contribution >= 0.6 is 0 Å². The van der Waals surface area contributed by atoms with Gasteiger partial charge >= 0.3 is 5.97 Å². The summed E-state index contributed by atoms with van der Waals surface area (Å²) < 4.78 is 4.88. The molecule has 0 atom stereocenters. The molecule has 7 nitrogen and oxygen atoms in total. The molecule has 104 valence electrons. The van der Waals surface area contributed by atoms with Gasteiger partial charge in [-0.2, -0.15) is 0 Å². The first kappa shape index (κ1) is 13.9. The van der Waals surface area contributed by atoms with Crippen molar-refractivity contribution in [1.29, 1.82) is 0 Å². The average molecular weight is 274 g/mol. The molecule has 0 saturated carbocycles. The lowest BCUT2D eigenvalue weighted by atomic mass is 10.2. The highest BCUT2D eigenvalue weighted by Crippen LogP contribution is 2.17. The van der Waals surface area contributed by atoms with E-state index >= 15 is 0 Å². The fourth-order valence-corrected chi connectivity index (χ4v) is 1.54. The van der Waals surface area contributed by atoms with E-state index in [0.29, 0.717) is 5.82 Å². The number of anilines is 1. The molecule has 2 aromatic rings. The highest BCUT2D eigenvalue weighted by atomic mass is 16.6. The minimum Gasteiger partial charge on any atom is -0.461 e. The van der Waals surface area contributed by atoms with Crippen LogP contribution in [0.2, 0.25) is 0 Å². The van der Waals surface area contributed by atoms with Crippen molar-refractivity contribution in [3.63, 3.8) is 0 Å². The summed E-state index contributed by atoms with van der Waals surface area (Å²) in [6.45, 7) is 1.95. The van der Waals surface area contributed by atoms with E-state index in [1.54, 1.807) is 6.92 Å². The molecule has 20 heavy (non-hydrogen) atoms. The summed E-state index contributed by atoms with van der Waals surface area (Å²) in [5.74, 6) is -0.0512. The van der Waals surface area contributed by atoms with Gasteiger partial charge in [0, 0.05) is 5.56 Å². The minimum absolute atomic E-state index is 0.0200. The number of aromatic nitrogens is 3. The summed E-state index contributed by atoms with van der Waals surface area (Å²) >= 11 is 0. The first-order chi connectivity index (χ1) is 9.76. The molecule has 0 spiro atoms. The largest absolute Gasteiger partial charge is 0.461 e. The molecule has 2 rings (SSSR count). The van der Waals surface area contributed by atoms with E-state index in [4.69, 9.17) is 9.57 Å². The molecule has 1 heterocycles. The fourth-order valence-electron chi connectivity index (χ4n) is 1.54.